The van der Waals surface area contributed by atoms with E-state index in [1.807, 2.05) is 30.3 Å². The molecule has 1 saturated heterocycles. The number of rotatable bonds is 10. The fraction of sp³-hybridized carbons (Fsp3) is 0.367. The number of H-pyrrole nitrogens is 1. The number of piperazine rings is 1. The van der Waals surface area contributed by atoms with Crippen LogP contribution in [0.1, 0.15) is 36.4 Å². The molecule has 5 rings (SSSR count). The molecule has 3 heterocycles. The molecule has 0 spiro atoms. The van der Waals surface area contributed by atoms with Gasteiger partial charge in [0.05, 0.1) is 24.4 Å². The molecule has 10 heteroatoms. The maximum absolute atomic E-state index is 12.6. The number of fused-ring (bicyclic) bond motifs is 2. The van der Waals surface area contributed by atoms with Crippen molar-refractivity contribution in [3.05, 3.63) is 63.8 Å². The van der Waals surface area contributed by atoms with Gasteiger partial charge in [-0.25, -0.2) is 4.79 Å². The van der Waals surface area contributed by atoms with Crippen LogP contribution >= 0.6 is 11.3 Å². The average Bonchev–Trinajstić information content (AvgIpc) is 3.31. The topological polar surface area (TPSA) is 104 Å². The zero-order chi connectivity index (χ0) is 28.1. The van der Waals surface area contributed by atoms with Gasteiger partial charge in [0.1, 0.15) is 10.6 Å². The Hall–Kier alpha value is -3.89. The number of carbonyl (C=O) groups is 2. The van der Waals surface area contributed by atoms with Crippen LogP contribution in [-0.2, 0) is 9.53 Å². The molecule has 4 aromatic rings. The molecule has 2 aromatic carbocycles. The Morgan fingerprint density at radius 2 is 1.85 bits per heavy atom. The zero-order valence-electron chi connectivity index (χ0n) is 22.8. The van der Waals surface area contributed by atoms with Crippen molar-refractivity contribution < 1.29 is 19.1 Å². The van der Waals surface area contributed by atoms with Crippen molar-refractivity contribution in [3.63, 3.8) is 0 Å². The molecule has 2 aromatic heterocycles. The number of aromatic amines is 1. The lowest BCUT2D eigenvalue weighted by molar-refractivity contribution is -0.114. The molecule has 0 radical (unpaired) electrons. The summed E-state index contributed by atoms with van der Waals surface area (Å²) >= 11 is 1.35. The van der Waals surface area contributed by atoms with Crippen LogP contribution in [-0.4, -0.2) is 67.7 Å². The Kier molecular flexibility index (Phi) is 8.66. The summed E-state index contributed by atoms with van der Waals surface area (Å²) in [5, 5.41) is 4.77. The van der Waals surface area contributed by atoms with E-state index in [9.17, 15) is 14.4 Å². The lowest BCUT2D eigenvalue weighted by Gasteiger charge is -2.36. The first kappa shape index (κ1) is 27.7. The molecule has 40 heavy (non-hydrogen) atoms. The number of amides is 1. The fourth-order valence-corrected chi connectivity index (χ4v) is 6.16. The van der Waals surface area contributed by atoms with E-state index in [4.69, 9.17) is 9.47 Å². The molecule has 2 N–H and O–H groups in total. The third-order valence-electron chi connectivity index (χ3n) is 7.00. The number of nitrogens with one attached hydrogen (secondary N) is 2. The van der Waals surface area contributed by atoms with E-state index in [1.165, 1.54) is 24.3 Å². The Balaban J connectivity index is 1.15. The number of anilines is 2. The van der Waals surface area contributed by atoms with E-state index >= 15 is 0 Å². The first-order valence-electron chi connectivity index (χ1n) is 13.7. The van der Waals surface area contributed by atoms with Crippen LogP contribution < -0.4 is 20.5 Å². The van der Waals surface area contributed by atoms with Gasteiger partial charge in [0.25, 0.3) is 0 Å². The molecule has 0 bridgehead atoms. The number of hydrogen-bond donors (Lipinski definition) is 2. The van der Waals surface area contributed by atoms with E-state index in [0.29, 0.717) is 17.2 Å². The monoisotopic (exact) mass is 562 g/mol. The van der Waals surface area contributed by atoms with E-state index < -0.39 is 5.97 Å². The second-order valence-corrected chi connectivity index (χ2v) is 10.9. The van der Waals surface area contributed by atoms with Crippen LogP contribution in [0.3, 0.4) is 0 Å². The van der Waals surface area contributed by atoms with Crippen molar-refractivity contribution in [2.75, 3.05) is 56.2 Å². The second kappa shape index (κ2) is 12.5. The number of carbonyl (C=O) groups excluding carboxylic acids is 2. The molecule has 0 aliphatic carbocycles. The second-order valence-electron chi connectivity index (χ2n) is 9.81. The first-order valence-corrected chi connectivity index (χ1v) is 14.5. The smallest absolute Gasteiger partial charge is 0.350 e. The highest BCUT2D eigenvalue weighted by Crippen LogP contribution is 2.42. The van der Waals surface area contributed by atoms with Crippen molar-refractivity contribution in [2.24, 2.45) is 0 Å². The lowest BCUT2D eigenvalue weighted by atomic mass is 10.1. The summed E-state index contributed by atoms with van der Waals surface area (Å²) in [6, 6.07) is 15.1. The quantitative estimate of drug-likeness (QED) is 0.210. The van der Waals surface area contributed by atoms with Crippen molar-refractivity contribution in [1.29, 1.82) is 0 Å². The maximum atomic E-state index is 12.6. The Morgan fingerprint density at radius 3 is 2.62 bits per heavy atom. The van der Waals surface area contributed by atoms with Gasteiger partial charge in [-0.1, -0.05) is 6.07 Å². The molecule has 210 valence electrons. The van der Waals surface area contributed by atoms with Crippen molar-refractivity contribution >= 4 is 55.6 Å². The third kappa shape index (κ3) is 6.29. The molecule has 1 amide bonds. The van der Waals surface area contributed by atoms with Crippen LogP contribution in [0, 0.1) is 0 Å². The maximum Gasteiger partial charge on any atom is 0.350 e. The van der Waals surface area contributed by atoms with Gasteiger partial charge in [-0.3, -0.25) is 14.5 Å². The van der Waals surface area contributed by atoms with Gasteiger partial charge in [0.15, 0.2) is 0 Å². The predicted octanol–water partition coefficient (Wildman–Crippen LogP) is 4.86. The van der Waals surface area contributed by atoms with Gasteiger partial charge < -0.3 is 24.7 Å². The van der Waals surface area contributed by atoms with Crippen molar-refractivity contribution in [2.45, 2.75) is 26.7 Å². The zero-order valence-corrected chi connectivity index (χ0v) is 23.6. The summed E-state index contributed by atoms with van der Waals surface area (Å²) in [5.74, 6) is 0.127. The van der Waals surface area contributed by atoms with Gasteiger partial charge >= 0.3 is 5.97 Å². The standard InChI is InChI=1S/C30H34N4O5S/c1-3-38-30(37)29-28(31-20(2)35)27-24(7-6-8-25(27)40-29)34-16-14-33(15-17-34)13-4-5-18-39-22-11-9-21-10-12-26(36)32-23(21)19-22/h6-12,19H,3-5,13-18H2,1-2H3,(H,31,35)(H,32,36). The van der Waals surface area contributed by atoms with Crippen molar-refractivity contribution in [1.82, 2.24) is 9.88 Å². The van der Waals surface area contributed by atoms with Gasteiger partial charge in [0.2, 0.25) is 11.5 Å². The van der Waals surface area contributed by atoms with Crippen LogP contribution in [0.25, 0.3) is 21.0 Å². The molecule has 1 aliphatic heterocycles. The number of esters is 1. The Labute approximate surface area is 236 Å². The molecule has 0 unspecified atom stereocenters. The van der Waals surface area contributed by atoms with Gasteiger partial charge in [0, 0.05) is 61.0 Å². The highest BCUT2D eigenvalue weighted by Gasteiger charge is 2.25. The fourth-order valence-electron chi connectivity index (χ4n) is 5.09. The number of benzene rings is 2. The van der Waals surface area contributed by atoms with E-state index in [0.717, 1.165) is 78.0 Å². The summed E-state index contributed by atoms with van der Waals surface area (Å²) in [6.07, 6.45) is 1.97. The van der Waals surface area contributed by atoms with Crippen LogP contribution in [0.15, 0.2) is 53.3 Å². The summed E-state index contributed by atoms with van der Waals surface area (Å²) in [6.45, 7) is 8.69. The Bertz CT molecular complexity index is 1570. The molecule has 1 fully saturated rings. The molecule has 1 aliphatic rings. The van der Waals surface area contributed by atoms with Crippen molar-refractivity contribution in [3.8, 4) is 5.75 Å². The number of thiophene rings is 1. The minimum absolute atomic E-state index is 0.119. The molecule has 0 atom stereocenters. The van der Waals surface area contributed by atoms with E-state index in [-0.39, 0.29) is 18.1 Å². The number of hydrogen-bond acceptors (Lipinski definition) is 8. The Morgan fingerprint density at radius 1 is 1.05 bits per heavy atom. The average molecular weight is 563 g/mol. The molecule has 9 nitrogen and oxygen atoms in total. The van der Waals surface area contributed by atoms with Gasteiger partial charge in [-0.2, -0.15) is 0 Å². The number of pyridine rings is 1. The minimum Gasteiger partial charge on any atom is -0.494 e. The number of unbranched alkanes of at least 4 members (excludes halogenated alkanes) is 1. The summed E-state index contributed by atoms with van der Waals surface area (Å²) < 4.78 is 12.1. The number of aromatic nitrogens is 1. The predicted molar refractivity (Wildman–Crippen MR) is 160 cm³/mol. The minimum atomic E-state index is -0.414. The largest absolute Gasteiger partial charge is 0.494 e. The highest BCUT2D eigenvalue weighted by atomic mass is 32.1. The molecule has 0 saturated carbocycles. The lowest BCUT2D eigenvalue weighted by Crippen LogP contribution is -2.46. The molecular weight excluding hydrogens is 528 g/mol. The van der Waals surface area contributed by atoms with E-state index in [2.05, 4.69) is 26.2 Å². The highest BCUT2D eigenvalue weighted by molar-refractivity contribution is 7.21. The van der Waals surface area contributed by atoms with Crippen LogP contribution in [0.2, 0.25) is 0 Å². The van der Waals surface area contributed by atoms with Crippen LogP contribution in [0.5, 0.6) is 5.75 Å². The number of nitrogens with zero attached hydrogens (tertiary/aromatic N) is 2. The van der Waals surface area contributed by atoms with Gasteiger partial charge in [-0.05, 0) is 62.0 Å². The third-order valence-corrected chi connectivity index (χ3v) is 8.14. The molecular formula is C30H34N4O5S. The van der Waals surface area contributed by atoms with Crippen LogP contribution in [0.4, 0.5) is 11.4 Å². The normalized spacial score (nSPS) is 14.0. The first-order chi connectivity index (χ1) is 19.4. The SMILES string of the molecule is CCOC(=O)c1sc2cccc(N3CCN(CCCCOc4ccc5ccc(=O)[nH]c5c4)CC3)c2c1NC(C)=O. The number of ether oxygens (including phenoxy) is 2. The summed E-state index contributed by atoms with van der Waals surface area (Å²) in [4.78, 5) is 44.3. The van der Waals surface area contributed by atoms with E-state index in [1.54, 1.807) is 13.0 Å². The van der Waals surface area contributed by atoms with Gasteiger partial charge in [-0.15, -0.1) is 11.3 Å². The summed E-state index contributed by atoms with van der Waals surface area (Å²) in [5.41, 5.74) is 2.23. The summed E-state index contributed by atoms with van der Waals surface area (Å²) in [7, 11) is 0.